The number of hydrogen-bond acceptors (Lipinski definition) is 13. The van der Waals surface area contributed by atoms with Crippen LogP contribution in [0.2, 0.25) is 0 Å². The van der Waals surface area contributed by atoms with Crippen molar-refractivity contribution in [2.24, 2.45) is 0 Å². The van der Waals surface area contributed by atoms with Gasteiger partial charge < -0.3 is 24.1 Å². The first-order valence-electron chi connectivity index (χ1n) is 25.1. The lowest BCUT2D eigenvalue weighted by molar-refractivity contribution is -0.131. The van der Waals surface area contributed by atoms with Crippen molar-refractivity contribution in [1.82, 2.24) is 34.0 Å². The van der Waals surface area contributed by atoms with Crippen molar-refractivity contribution < 1.29 is 51.8 Å². The van der Waals surface area contributed by atoms with Crippen molar-refractivity contribution in [2.45, 2.75) is 128 Å². The molecule has 19 heteroatoms. The molecule has 1 fully saturated rings. The van der Waals surface area contributed by atoms with Gasteiger partial charge in [0.05, 0.1) is 53.4 Å². The molecule has 79 heavy (non-hydrogen) atoms. The van der Waals surface area contributed by atoms with Crippen LogP contribution in [0.5, 0.6) is 17.2 Å². The Morgan fingerprint density at radius 3 is 1.67 bits per heavy atom. The van der Waals surface area contributed by atoms with Gasteiger partial charge in [-0.05, 0) is 129 Å². The van der Waals surface area contributed by atoms with E-state index in [-0.39, 0.29) is 61.5 Å². The van der Waals surface area contributed by atoms with E-state index in [1.54, 1.807) is 24.7 Å². The highest BCUT2D eigenvalue weighted by Gasteiger charge is 2.30. The second-order valence-corrected chi connectivity index (χ2v) is 23.3. The van der Waals surface area contributed by atoms with Gasteiger partial charge in [0.15, 0.2) is 0 Å². The van der Waals surface area contributed by atoms with E-state index in [4.69, 9.17) is 38.2 Å². The maximum absolute atomic E-state index is 12.7. The van der Waals surface area contributed by atoms with E-state index in [9.17, 15) is 24.3 Å². The molecule has 0 bridgehead atoms. The van der Waals surface area contributed by atoms with Crippen LogP contribution in [0.3, 0.4) is 0 Å². The number of imide groups is 1. The number of amides is 4. The van der Waals surface area contributed by atoms with Gasteiger partial charge in [-0.15, -0.1) is 19.3 Å². The third kappa shape index (κ3) is 19.7. The number of alkyl halides is 2. The Labute approximate surface area is 498 Å². The minimum Gasteiger partial charge on any atom is -0.506 e. The lowest BCUT2D eigenvalue weighted by atomic mass is 10.1. The zero-order valence-corrected chi connectivity index (χ0v) is 51.2. The standard InChI is InChI=1S/C22H27BrN2O3.C21H26N2O3.C13H11BrN2O.C4H4BrNO2.6H2/c1-8-14-25(20(26)28-22(5,6)7)19(23)16-11-12-17(27-21(2,3)4)18-15(16)10-9-13-24-18;1-7-13-23(20(24)25-15(2)3)14-16-10-11-18(26-21(4,5)6)19-17(16)9-8-12-22-19;1-2-7-16-13(14)10-5-6-11(17)12-9(10)4-3-8-15-12;5-6-3(7)1-2-4(6)8;;;;;;/h1,9-13,19H,14H2,2-7H3;1,8-12,15H,13-14H2,2-6H3;1,3-6,8,13,16-17H,7H2;1-2H2;6*1H. The number of nitrogens with zero attached hydrogens (tertiary/aromatic N) is 6. The molecule has 4 heterocycles. The molecule has 3 aromatic heterocycles. The minimum absolute atomic E-state index is 0. The Morgan fingerprint density at radius 1 is 0.696 bits per heavy atom. The van der Waals surface area contributed by atoms with Gasteiger partial charge in [0.1, 0.15) is 55.6 Å². The minimum atomic E-state index is -0.620. The third-order valence-electron chi connectivity index (χ3n) is 10.5. The molecule has 2 atom stereocenters. The summed E-state index contributed by atoms with van der Waals surface area (Å²) in [6.45, 7) is 22.1. The number of rotatable bonds is 12. The molecular weight excluding hydrogens is 1200 g/mol. The largest absolute Gasteiger partial charge is 0.506 e. The number of pyridine rings is 3. The fourth-order valence-electron chi connectivity index (χ4n) is 7.35. The Hall–Kier alpha value is -6.95. The summed E-state index contributed by atoms with van der Waals surface area (Å²) in [5.74, 6) is 8.86. The quantitative estimate of drug-likeness (QED) is 0.0388. The molecule has 3 aromatic carbocycles. The molecule has 7 rings (SSSR count). The fraction of sp³-hybridized carbons (Fsp3) is 0.383. The molecule has 0 saturated carbocycles. The topological polar surface area (TPSA) is 186 Å². The van der Waals surface area contributed by atoms with Crippen LogP contribution in [0, 0.1) is 37.0 Å². The average molecular weight is 1280 g/mol. The predicted octanol–water partition coefficient (Wildman–Crippen LogP) is 14.5. The van der Waals surface area contributed by atoms with E-state index in [1.165, 1.54) is 9.80 Å². The van der Waals surface area contributed by atoms with Crippen LogP contribution in [0.15, 0.2) is 91.4 Å². The molecule has 2 N–H and O–H groups in total. The van der Waals surface area contributed by atoms with Crippen LogP contribution >= 0.6 is 48.0 Å². The van der Waals surface area contributed by atoms with Crippen LogP contribution in [-0.2, 0) is 25.6 Å². The molecule has 0 spiro atoms. The van der Waals surface area contributed by atoms with Crippen LogP contribution in [0.4, 0.5) is 9.59 Å². The van der Waals surface area contributed by atoms with E-state index in [0.29, 0.717) is 42.9 Å². The van der Waals surface area contributed by atoms with E-state index < -0.39 is 22.7 Å². The number of ether oxygens (including phenoxy) is 4. The number of aromatic nitrogens is 3. The predicted molar refractivity (Wildman–Crippen MR) is 333 cm³/mol. The summed E-state index contributed by atoms with van der Waals surface area (Å²) in [5, 5.41) is 15.6. The SMILES string of the molecule is C#CCN(C(=O)OC(C)(C)C)C(Br)c1ccc(OC(C)(C)C)c2ncccc12.C#CCN(Cc1ccc(OC(C)(C)C)c2ncccc12)C(=O)OC(C)C.C#CCNC(Br)c1ccc(O)c2ncccc12.O=C1CCC(=O)N1Br.[HH].[HH].[HH].[HH].[HH].[HH]. The van der Waals surface area contributed by atoms with E-state index in [1.807, 2.05) is 143 Å². The summed E-state index contributed by atoms with van der Waals surface area (Å²) in [6.07, 6.45) is 20.8. The van der Waals surface area contributed by atoms with E-state index >= 15 is 0 Å². The second-order valence-electron chi connectivity index (χ2n) is 20.8. The fourth-order valence-corrected chi connectivity index (χ4v) is 8.98. The number of halogens is 3. The first-order valence-corrected chi connectivity index (χ1v) is 27.6. The summed E-state index contributed by atoms with van der Waals surface area (Å²) in [5.41, 5.74) is 3.56. The highest BCUT2D eigenvalue weighted by Crippen LogP contribution is 2.38. The molecule has 430 valence electrons. The molecule has 6 aromatic rings. The van der Waals surface area contributed by atoms with Crippen molar-refractivity contribution >= 4 is 105 Å². The number of aromatic hydroxyl groups is 1. The van der Waals surface area contributed by atoms with Gasteiger partial charge in [-0.1, -0.05) is 86.0 Å². The summed E-state index contributed by atoms with van der Waals surface area (Å²) < 4.78 is 23.9. The number of carbonyl (C=O) groups excluding carboxylic acids is 4. The molecule has 1 aliphatic rings. The second kappa shape index (κ2) is 29.3. The van der Waals surface area contributed by atoms with Crippen molar-refractivity contribution in [2.75, 3.05) is 19.6 Å². The number of nitrogens with one attached hydrogen (secondary N) is 1. The number of phenolic OH excluding ortho intramolecular Hbond substituents is 1. The average Bonchev–Trinajstić information content (AvgIpc) is 3.90. The molecule has 4 amide bonds. The lowest BCUT2D eigenvalue weighted by Gasteiger charge is -2.30. The van der Waals surface area contributed by atoms with Gasteiger partial charge in [-0.3, -0.25) is 39.7 Å². The lowest BCUT2D eigenvalue weighted by Crippen LogP contribution is -2.38. The molecule has 1 saturated heterocycles. The maximum atomic E-state index is 12.7. The maximum Gasteiger partial charge on any atom is 0.412 e. The molecule has 1 aliphatic heterocycles. The van der Waals surface area contributed by atoms with Gasteiger partial charge in [0.2, 0.25) is 11.8 Å². The smallest absolute Gasteiger partial charge is 0.412 e. The number of hydrogen-bond donors (Lipinski definition) is 2. The van der Waals surface area contributed by atoms with Crippen LogP contribution in [-0.4, -0.2) is 100 Å². The number of terminal acetylenes is 3. The molecular formula is C60H80Br3N7O9. The van der Waals surface area contributed by atoms with Gasteiger partial charge in [0, 0.05) is 56.2 Å². The van der Waals surface area contributed by atoms with E-state index in [0.717, 1.165) is 47.8 Å². The van der Waals surface area contributed by atoms with Crippen molar-refractivity contribution in [3.05, 3.63) is 108 Å². The van der Waals surface area contributed by atoms with Crippen molar-refractivity contribution in [3.63, 3.8) is 0 Å². The van der Waals surface area contributed by atoms with Gasteiger partial charge in [-0.2, -0.15) is 0 Å². The highest BCUT2D eigenvalue weighted by molar-refractivity contribution is 9.09. The molecule has 0 aliphatic carbocycles. The third-order valence-corrected chi connectivity index (χ3v) is 13.1. The summed E-state index contributed by atoms with van der Waals surface area (Å²) in [6, 6.07) is 22.5. The van der Waals surface area contributed by atoms with Gasteiger partial charge >= 0.3 is 12.2 Å². The van der Waals surface area contributed by atoms with E-state index in [2.05, 4.69) is 86.0 Å². The van der Waals surface area contributed by atoms with Crippen molar-refractivity contribution in [3.8, 4) is 54.3 Å². The van der Waals surface area contributed by atoms with Crippen molar-refractivity contribution in [1.29, 1.82) is 0 Å². The molecule has 0 radical (unpaired) electrons. The number of benzene rings is 3. The first kappa shape index (κ1) is 64.6. The Bertz CT molecular complexity index is 3240. The van der Waals surface area contributed by atoms with Crippen LogP contribution in [0.1, 0.15) is 124 Å². The summed E-state index contributed by atoms with van der Waals surface area (Å²) in [4.78, 5) is 61.5. The summed E-state index contributed by atoms with van der Waals surface area (Å²) >= 11 is 9.95. The number of phenols is 1. The first-order chi connectivity index (χ1) is 37.1. The Balaban J connectivity index is -0.00000109. The van der Waals surface area contributed by atoms with Gasteiger partial charge in [0.25, 0.3) is 0 Å². The van der Waals surface area contributed by atoms with Gasteiger partial charge in [-0.25, -0.2) is 13.5 Å². The monoisotopic (exact) mass is 1280 g/mol. The molecule has 2 unspecified atom stereocenters. The Kier molecular flexibility index (Phi) is 24.0. The zero-order valence-electron chi connectivity index (χ0n) is 46.4. The Morgan fingerprint density at radius 2 is 1.19 bits per heavy atom. The zero-order chi connectivity index (χ0) is 58.8. The number of fused-ring (bicyclic) bond motifs is 3. The summed E-state index contributed by atoms with van der Waals surface area (Å²) in [7, 11) is 0. The highest BCUT2D eigenvalue weighted by atomic mass is 79.9. The number of carbonyl (C=O) groups is 4. The van der Waals surface area contributed by atoms with Crippen LogP contribution < -0.4 is 14.8 Å². The molecule has 16 nitrogen and oxygen atoms in total. The van der Waals surface area contributed by atoms with Crippen LogP contribution in [0.25, 0.3) is 32.7 Å². The normalized spacial score (nSPS) is 13.0.